The van der Waals surface area contributed by atoms with E-state index in [4.69, 9.17) is 0 Å². The minimum atomic E-state index is -4.43. The summed E-state index contributed by atoms with van der Waals surface area (Å²) in [5.41, 5.74) is 1.55. The van der Waals surface area contributed by atoms with E-state index in [9.17, 15) is 18.0 Å². The van der Waals surface area contributed by atoms with Crippen molar-refractivity contribution in [3.05, 3.63) is 71.4 Å². The predicted molar refractivity (Wildman–Crippen MR) is 115 cm³/mol. The number of para-hydroxylation sites is 1. The Hall–Kier alpha value is -2.80. The fourth-order valence-corrected chi connectivity index (χ4v) is 4.34. The zero-order chi connectivity index (χ0) is 22.0. The Morgan fingerprint density at radius 2 is 1.81 bits per heavy atom. The number of aromatic nitrogens is 1. The summed E-state index contributed by atoms with van der Waals surface area (Å²) in [4.78, 5) is 20.5. The third-order valence-corrected chi connectivity index (χ3v) is 6.16. The van der Waals surface area contributed by atoms with Crippen molar-refractivity contribution in [2.75, 3.05) is 32.7 Å². The maximum atomic E-state index is 13.4. The van der Waals surface area contributed by atoms with Gasteiger partial charge in [0.2, 0.25) is 5.91 Å². The molecule has 0 saturated carbocycles. The zero-order valence-electron chi connectivity index (χ0n) is 17.5. The molecule has 2 aromatic carbocycles. The van der Waals surface area contributed by atoms with Gasteiger partial charge in [0, 0.05) is 55.6 Å². The second kappa shape index (κ2) is 8.75. The van der Waals surface area contributed by atoms with Crippen LogP contribution < -0.4 is 0 Å². The Balaban J connectivity index is 1.68. The monoisotopic (exact) mass is 429 g/mol. The van der Waals surface area contributed by atoms with Gasteiger partial charge in [0.1, 0.15) is 0 Å². The molecule has 0 unspecified atom stereocenters. The first-order valence-electron chi connectivity index (χ1n) is 10.6. The van der Waals surface area contributed by atoms with Gasteiger partial charge in [-0.15, -0.1) is 0 Å². The van der Waals surface area contributed by atoms with Gasteiger partial charge in [-0.2, -0.15) is 13.2 Å². The third kappa shape index (κ3) is 4.61. The van der Waals surface area contributed by atoms with Crippen LogP contribution in [0, 0.1) is 0 Å². The summed E-state index contributed by atoms with van der Waals surface area (Å²) in [6.45, 7) is 5.99. The van der Waals surface area contributed by atoms with Gasteiger partial charge in [-0.25, -0.2) is 0 Å². The molecule has 7 heteroatoms. The van der Waals surface area contributed by atoms with Crippen LogP contribution in [0.15, 0.2) is 54.7 Å². The molecule has 0 radical (unpaired) electrons. The molecule has 0 aliphatic carbocycles. The Labute approximate surface area is 179 Å². The molecule has 1 N–H and O–H groups in total. The van der Waals surface area contributed by atoms with E-state index in [1.165, 1.54) is 12.1 Å². The topological polar surface area (TPSA) is 39.3 Å². The number of nitrogens with zero attached hydrogens (tertiary/aromatic N) is 2. The van der Waals surface area contributed by atoms with E-state index >= 15 is 0 Å². The predicted octanol–water partition coefficient (Wildman–Crippen LogP) is 4.87. The van der Waals surface area contributed by atoms with Crippen molar-refractivity contribution in [3.8, 4) is 0 Å². The molecule has 1 aliphatic heterocycles. The molecule has 1 atom stereocenters. The van der Waals surface area contributed by atoms with Crippen LogP contribution in [0.2, 0.25) is 0 Å². The van der Waals surface area contributed by atoms with Gasteiger partial charge in [0.25, 0.3) is 0 Å². The minimum absolute atomic E-state index is 0.0246. The van der Waals surface area contributed by atoms with E-state index in [1.54, 1.807) is 6.07 Å². The highest BCUT2D eigenvalue weighted by atomic mass is 19.4. The molecule has 2 heterocycles. The number of amides is 1. The number of H-pyrrole nitrogens is 1. The Kier molecular flexibility index (Phi) is 6.05. The highest BCUT2D eigenvalue weighted by Gasteiger charge is 2.32. The molecule has 0 bridgehead atoms. The first-order valence-corrected chi connectivity index (χ1v) is 10.6. The summed E-state index contributed by atoms with van der Waals surface area (Å²) < 4.78 is 40.1. The van der Waals surface area contributed by atoms with Gasteiger partial charge < -0.3 is 14.8 Å². The van der Waals surface area contributed by atoms with E-state index in [0.29, 0.717) is 18.7 Å². The number of fused-ring (bicyclic) bond motifs is 1. The van der Waals surface area contributed by atoms with Crippen molar-refractivity contribution in [2.45, 2.75) is 25.4 Å². The van der Waals surface area contributed by atoms with Gasteiger partial charge in [-0.05, 0) is 29.8 Å². The van der Waals surface area contributed by atoms with Crippen LogP contribution in [0.5, 0.6) is 0 Å². The van der Waals surface area contributed by atoms with Crippen LogP contribution in [-0.4, -0.2) is 53.4 Å². The molecule has 164 valence electrons. The van der Waals surface area contributed by atoms with Crippen molar-refractivity contribution >= 4 is 16.8 Å². The molecule has 1 fully saturated rings. The van der Waals surface area contributed by atoms with E-state index in [2.05, 4.69) is 16.8 Å². The van der Waals surface area contributed by atoms with Crippen molar-refractivity contribution < 1.29 is 18.0 Å². The van der Waals surface area contributed by atoms with Crippen LogP contribution in [0.25, 0.3) is 10.9 Å². The number of rotatable bonds is 5. The number of piperazine rings is 1. The average Bonchev–Trinajstić information content (AvgIpc) is 3.21. The molecular weight excluding hydrogens is 403 g/mol. The van der Waals surface area contributed by atoms with Crippen LogP contribution >= 0.6 is 0 Å². The summed E-state index contributed by atoms with van der Waals surface area (Å²) in [5, 5.41) is 0.925. The number of carbonyl (C=O) groups is 1. The molecule has 1 aromatic heterocycles. The van der Waals surface area contributed by atoms with Crippen LogP contribution in [-0.2, 0) is 11.0 Å². The fraction of sp³-hybridized carbons (Fsp3) is 0.375. The van der Waals surface area contributed by atoms with Gasteiger partial charge in [0.15, 0.2) is 0 Å². The lowest BCUT2D eigenvalue weighted by Gasteiger charge is -2.35. The highest BCUT2D eigenvalue weighted by molar-refractivity contribution is 5.86. The van der Waals surface area contributed by atoms with Crippen molar-refractivity contribution in [1.82, 2.24) is 14.8 Å². The molecule has 1 saturated heterocycles. The lowest BCUT2D eigenvalue weighted by molar-refractivity contribution is -0.137. The van der Waals surface area contributed by atoms with Crippen molar-refractivity contribution in [3.63, 3.8) is 0 Å². The number of carbonyl (C=O) groups excluding carboxylic acids is 1. The second-order valence-corrected chi connectivity index (χ2v) is 7.98. The summed E-state index contributed by atoms with van der Waals surface area (Å²) in [7, 11) is 0. The smallest absolute Gasteiger partial charge is 0.361 e. The number of likely N-dealkylation sites (N-methyl/N-ethyl adjacent to an activating group) is 1. The number of nitrogens with one attached hydrogen (secondary N) is 1. The Morgan fingerprint density at radius 1 is 1.06 bits per heavy atom. The number of hydrogen-bond acceptors (Lipinski definition) is 2. The maximum absolute atomic E-state index is 13.4. The number of aromatic amines is 1. The number of hydrogen-bond donors (Lipinski definition) is 1. The zero-order valence-corrected chi connectivity index (χ0v) is 17.5. The molecule has 1 aliphatic rings. The van der Waals surface area contributed by atoms with Gasteiger partial charge in [-0.1, -0.05) is 43.3 Å². The number of halogens is 3. The molecule has 0 spiro atoms. The van der Waals surface area contributed by atoms with Gasteiger partial charge in [-0.3, -0.25) is 4.79 Å². The minimum Gasteiger partial charge on any atom is -0.361 e. The van der Waals surface area contributed by atoms with Crippen LogP contribution in [0.1, 0.15) is 36.0 Å². The molecule has 4 rings (SSSR count). The normalized spacial score (nSPS) is 16.6. The summed E-state index contributed by atoms with van der Waals surface area (Å²) in [6.07, 6.45) is -2.48. The largest absolute Gasteiger partial charge is 0.416 e. The van der Waals surface area contributed by atoms with E-state index in [0.717, 1.165) is 42.2 Å². The summed E-state index contributed by atoms with van der Waals surface area (Å²) in [5.74, 6) is -0.487. The number of benzene rings is 2. The SMILES string of the molecule is CCN1CCN(C(=O)C[C@@H](c2cccc(C(F)(F)F)c2)c2c[nH]c3ccccc23)CC1. The lowest BCUT2D eigenvalue weighted by Crippen LogP contribution is -2.48. The van der Waals surface area contributed by atoms with E-state index in [1.807, 2.05) is 35.4 Å². The first-order chi connectivity index (χ1) is 14.9. The quantitative estimate of drug-likeness (QED) is 0.628. The lowest BCUT2D eigenvalue weighted by atomic mass is 9.87. The van der Waals surface area contributed by atoms with Crippen molar-refractivity contribution in [1.29, 1.82) is 0 Å². The molecule has 31 heavy (non-hydrogen) atoms. The summed E-state index contributed by atoms with van der Waals surface area (Å²) >= 11 is 0. The number of alkyl halides is 3. The van der Waals surface area contributed by atoms with Crippen LogP contribution in [0.3, 0.4) is 0 Å². The summed E-state index contributed by atoms with van der Waals surface area (Å²) in [6, 6.07) is 13.0. The molecule has 3 aromatic rings. The standard InChI is InChI=1S/C24H26F3N3O/c1-2-29-10-12-30(13-11-29)23(31)15-20(17-6-5-7-18(14-17)24(25,26)27)21-16-28-22-9-4-3-8-19(21)22/h3-9,14,16,20,28H,2,10-13,15H2,1H3/t20-/m0/s1. The highest BCUT2D eigenvalue weighted by Crippen LogP contribution is 2.37. The van der Waals surface area contributed by atoms with Crippen LogP contribution in [0.4, 0.5) is 13.2 Å². The Bertz CT molecular complexity index is 1050. The molecule has 1 amide bonds. The third-order valence-electron chi connectivity index (χ3n) is 6.16. The fourth-order valence-electron chi connectivity index (χ4n) is 4.34. The van der Waals surface area contributed by atoms with Gasteiger partial charge in [0.05, 0.1) is 5.56 Å². The van der Waals surface area contributed by atoms with Gasteiger partial charge >= 0.3 is 6.18 Å². The molecule has 4 nitrogen and oxygen atoms in total. The van der Waals surface area contributed by atoms with E-state index in [-0.39, 0.29) is 12.3 Å². The van der Waals surface area contributed by atoms with Crippen molar-refractivity contribution in [2.24, 2.45) is 0 Å². The Morgan fingerprint density at radius 3 is 2.52 bits per heavy atom. The first kappa shape index (κ1) is 21.4. The molecular formula is C24H26F3N3O. The van der Waals surface area contributed by atoms with E-state index < -0.39 is 17.7 Å². The second-order valence-electron chi connectivity index (χ2n) is 7.98. The average molecular weight is 429 g/mol. The maximum Gasteiger partial charge on any atom is 0.416 e.